The fourth-order valence-corrected chi connectivity index (χ4v) is 2.96. The number of rotatable bonds is 3. The molecule has 3 aromatic rings. The Hall–Kier alpha value is -1.58. The van der Waals surface area contributed by atoms with Gasteiger partial charge in [-0.15, -0.1) is 11.3 Å². The van der Waals surface area contributed by atoms with Crippen molar-refractivity contribution in [3.8, 4) is 0 Å². The summed E-state index contributed by atoms with van der Waals surface area (Å²) < 4.78 is 1.21. The summed E-state index contributed by atoms with van der Waals surface area (Å²) in [7, 11) is 0. The van der Waals surface area contributed by atoms with Gasteiger partial charge in [0, 0.05) is 17.3 Å². The van der Waals surface area contributed by atoms with E-state index in [0.29, 0.717) is 0 Å². The third-order valence-electron chi connectivity index (χ3n) is 3.12. The molecular weight excluding hydrogens is 276 g/mol. The number of aryl methyl sites for hydroxylation is 1. The number of hydrogen-bond donors (Lipinski definition) is 1. The molecule has 3 rings (SSSR count). The summed E-state index contributed by atoms with van der Waals surface area (Å²) in [6.45, 7) is 2.88. The zero-order valence-electron chi connectivity index (χ0n) is 10.5. The Balaban J connectivity index is 1.77. The Bertz CT molecular complexity index is 721. The van der Waals surface area contributed by atoms with Crippen LogP contribution in [-0.4, -0.2) is 4.98 Å². The smallest absolute Gasteiger partial charge is 0.0813 e. The maximum atomic E-state index is 5.96. The fourth-order valence-electron chi connectivity index (χ4n) is 2.02. The molecule has 0 amide bonds. The van der Waals surface area contributed by atoms with Gasteiger partial charge in [-0.2, -0.15) is 0 Å². The molecule has 0 saturated heterocycles. The van der Waals surface area contributed by atoms with Crippen molar-refractivity contribution < 1.29 is 0 Å². The second-order valence-electron chi connectivity index (χ2n) is 4.46. The number of thiazole rings is 1. The van der Waals surface area contributed by atoms with E-state index in [-0.39, 0.29) is 0 Å². The molecule has 0 unspecified atom stereocenters. The highest BCUT2D eigenvalue weighted by Gasteiger charge is 2.01. The van der Waals surface area contributed by atoms with Gasteiger partial charge in [0.15, 0.2) is 0 Å². The molecule has 2 aromatic carbocycles. The van der Waals surface area contributed by atoms with Gasteiger partial charge in [0.05, 0.1) is 15.7 Å². The lowest BCUT2D eigenvalue weighted by atomic mass is 10.1. The van der Waals surface area contributed by atoms with Crippen LogP contribution in [-0.2, 0) is 6.54 Å². The quantitative estimate of drug-likeness (QED) is 0.744. The molecule has 2 nitrogen and oxygen atoms in total. The Morgan fingerprint density at radius 2 is 2.11 bits per heavy atom. The van der Waals surface area contributed by atoms with E-state index in [4.69, 9.17) is 11.6 Å². The van der Waals surface area contributed by atoms with E-state index in [1.54, 1.807) is 11.3 Å². The Morgan fingerprint density at radius 3 is 2.95 bits per heavy atom. The molecule has 1 aromatic heterocycles. The number of benzene rings is 2. The molecule has 0 aliphatic rings. The third-order valence-corrected chi connectivity index (χ3v) is 4.15. The van der Waals surface area contributed by atoms with Crippen LogP contribution < -0.4 is 5.32 Å². The zero-order chi connectivity index (χ0) is 13.2. The van der Waals surface area contributed by atoms with Gasteiger partial charge >= 0.3 is 0 Å². The van der Waals surface area contributed by atoms with Gasteiger partial charge in [-0.25, -0.2) is 4.98 Å². The van der Waals surface area contributed by atoms with E-state index < -0.39 is 0 Å². The molecular formula is C15H13ClN2S. The lowest BCUT2D eigenvalue weighted by molar-refractivity contribution is 1.12. The molecule has 4 heteroatoms. The monoisotopic (exact) mass is 288 g/mol. The van der Waals surface area contributed by atoms with E-state index in [2.05, 4.69) is 35.4 Å². The Kier molecular flexibility index (Phi) is 3.40. The van der Waals surface area contributed by atoms with Crippen molar-refractivity contribution in [2.75, 3.05) is 5.32 Å². The number of halogens is 1. The zero-order valence-corrected chi connectivity index (χ0v) is 12.1. The van der Waals surface area contributed by atoms with E-state index in [9.17, 15) is 0 Å². The highest BCUT2D eigenvalue weighted by atomic mass is 35.5. The predicted octanol–water partition coefficient (Wildman–Crippen LogP) is 4.87. The molecule has 0 fully saturated rings. The van der Waals surface area contributed by atoms with Crippen LogP contribution in [0.1, 0.15) is 11.1 Å². The molecule has 0 aliphatic carbocycles. The lowest BCUT2D eigenvalue weighted by Gasteiger charge is -2.09. The van der Waals surface area contributed by atoms with Gasteiger partial charge in [0.1, 0.15) is 0 Å². The third kappa shape index (κ3) is 2.72. The number of fused-ring (bicyclic) bond motifs is 1. The summed E-state index contributed by atoms with van der Waals surface area (Å²) in [6, 6.07) is 12.2. The van der Waals surface area contributed by atoms with Crippen LogP contribution >= 0.6 is 22.9 Å². The average Bonchev–Trinajstić information content (AvgIpc) is 2.85. The number of anilines is 1. The highest BCUT2D eigenvalue weighted by molar-refractivity contribution is 7.16. The standard InChI is InChI=1S/C15H13ClN2S/c1-10-6-12(16)3-2-11(10)8-17-13-4-5-14-15(7-13)19-9-18-14/h2-7,9,17H,8H2,1H3. The summed E-state index contributed by atoms with van der Waals surface area (Å²) in [5.74, 6) is 0. The molecule has 0 atom stereocenters. The fraction of sp³-hybridized carbons (Fsp3) is 0.133. The minimum atomic E-state index is 0.785. The molecule has 0 spiro atoms. The van der Waals surface area contributed by atoms with Gasteiger partial charge < -0.3 is 5.32 Å². The van der Waals surface area contributed by atoms with E-state index in [1.165, 1.54) is 15.8 Å². The summed E-state index contributed by atoms with van der Waals surface area (Å²) in [4.78, 5) is 4.28. The van der Waals surface area contributed by atoms with Crippen LogP contribution in [0.15, 0.2) is 41.9 Å². The summed E-state index contributed by atoms with van der Waals surface area (Å²) in [5, 5.41) is 4.22. The van der Waals surface area contributed by atoms with Crippen LogP contribution in [0, 0.1) is 6.92 Å². The largest absolute Gasteiger partial charge is 0.381 e. The Morgan fingerprint density at radius 1 is 1.21 bits per heavy atom. The number of aromatic nitrogens is 1. The predicted molar refractivity (Wildman–Crippen MR) is 83.1 cm³/mol. The first-order chi connectivity index (χ1) is 9.22. The van der Waals surface area contributed by atoms with Gasteiger partial charge in [0.25, 0.3) is 0 Å². The maximum Gasteiger partial charge on any atom is 0.0813 e. The molecule has 0 bridgehead atoms. The first-order valence-electron chi connectivity index (χ1n) is 6.04. The second kappa shape index (κ2) is 5.19. The van der Waals surface area contributed by atoms with Crippen molar-refractivity contribution in [3.05, 3.63) is 58.1 Å². The number of nitrogens with one attached hydrogen (secondary N) is 1. The average molecular weight is 289 g/mol. The summed E-state index contributed by atoms with van der Waals surface area (Å²) in [5.41, 5.74) is 6.51. The van der Waals surface area contributed by atoms with Crippen molar-refractivity contribution in [1.82, 2.24) is 4.98 Å². The molecule has 1 heterocycles. The van der Waals surface area contributed by atoms with Crippen LogP contribution in [0.3, 0.4) is 0 Å². The topological polar surface area (TPSA) is 24.9 Å². The van der Waals surface area contributed by atoms with Crippen molar-refractivity contribution in [3.63, 3.8) is 0 Å². The first-order valence-corrected chi connectivity index (χ1v) is 7.30. The minimum absolute atomic E-state index is 0.785. The number of nitrogens with zero attached hydrogens (tertiary/aromatic N) is 1. The van der Waals surface area contributed by atoms with Gasteiger partial charge in [-0.1, -0.05) is 17.7 Å². The van der Waals surface area contributed by atoms with E-state index in [1.807, 2.05) is 23.7 Å². The van der Waals surface area contributed by atoms with Crippen molar-refractivity contribution >= 4 is 38.8 Å². The van der Waals surface area contributed by atoms with Crippen LogP contribution in [0.25, 0.3) is 10.2 Å². The van der Waals surface area contributed by atoms with Gasteiger partial charge in [-0.3, -0.25) is 0 Å². The van der Waals surface area contributed by atoms with Crippen molar-refractivity contribution in [1.29, 1.82) is 0 Å². The molecule has 19 heavy (non-hydrogen) atoms. The van der Waals surface area contributed by atoms with E-state index >= 15 is 0 Å². The van der Waals surface area contributed by atoms with Gasteiger partial charge in [0.2, 0.25) is 0 Å². The molecule has 0 aliphatic heterocycles. The van der Waals surface area contributed by atoms with Crippen LogP contribution in [0.5, 0.6) is 0 Å². The Labute approximate surface area is 121 Å². The minimum Gasteiger partial charge on any atom is -0.381 e. The summed E-state index contributed by atoms with van der Waals surface area (Å²) in [6.07, 6.45) is 0. The van der Waals surface area contributed by atoms with E-state index in [0.717, 1.165) is 22.8 Å². The molecule has 0 radical (unpaired) electrons. The lowest BCUT2D eigenvalue weighted by Crippen LogP contribution is -2.00. The molecule has 1 N–H and O–H groups in total. The maximum absolute atomic E-state index is 5.96. The van der Waals surface area contributed by atoms with Gasteiger partial charge in [-0.05, 0) is 48.4 Å². The first kappa shape index (κ1) is 12.5. The second-order valence-corrected chi connectivity index (χ2v) is 5.78. The summed E-state index contributed by atoms with van der Waals surface area (Å²) >= 11 is 7.62. The molecule has 96 valence electrons. The van der Waals surface area contributed by atoms with Crippen LogP contribution in [0.2, 0.25) is 5.02 Å². The van der Waals surface area contributed by atoms with Crippen molar-refractivity contribution in [2.45, 2.75) is 13.5 Å². The number of hydrogen-bond acceptors (Lipinski definition) is 3. The van der Waals surface area contributed by atoms with Crippen molar-refractivity contribution in [2.24, 2.45) is 0 Å². The SMILES string of the molecule is Cc1cc(Cl)ccc1CNc1ccc2ncsc2c1. The highest BCUT2D eigenvalue weighted by Crippen LogP contribution is 2.23. The molecule has 0 saturated carbocycles. The normalized spacial score (nSPS) is 10.8. The van der Waals surface area contributed by atoms with Crippen LogP contribution in [0.4, 0.5) is 5.69 Å².